The molecule has 0 spiro atoms. The molecule has 1 aliphatic heterocycles. The molecular weight excluding hydrogens is 284 g/mol. The van der Waals surface area contributed by atoms with Crippen molar-refractivity contribution in [3.8, 4) is 0 Å². The molecule has 1 aliphatic rings. The minimum atomic E-state index is -0.318. The molecule has 1 amide bonds. The first-order valence-corrected chi connectivity index (χ1v) is 6.93. The number of carbonyl (C=O) groups is 1. The summed E-state index contributed by atoms with van der Waals surface area (Å²) in [5, 5.41) is 7.29. The largest absolute Gasteiger partial charge is 0.356 e. The predicted octanol–water partition coefficient (Wildman–Crippen LogP) is 0.304. The van der Waals surface area contributed by atoms with Crippen molar-refractivity contribution in [2.75, 3.05) is 16.8 Å². The minimum Gasteiger partial charge on any atom is -0.356 e. The van der Waals surface area contributed by atoms with Gasteiger partial charge in [-0.05, 0) is 6.42 Å². The quantitative estimate of drug-likeness (QED) is 0.721. The number of carbonyl (C=O) groups excluding carboxylic acids is 1. The molecule has 4 heterocycles. The van der Waals surface area contributed by atoms with Crippen LogP contribution in [0.2, 0.25) is 0 Å². The van der Waals surface area contributed by atoms with E-state index in [4.69, 9.17) is 0 Å². The number of fused-ring (bicyclic) bond motifs is 1. The van der Waals surface area contributed by atoms with E-state index >= 15 is 0 Å². The lowest BCUT2D eigenvalue weighted by Crippen LogP contribution is -2.33. The molecule has 1 fully saturated rings. The van der Waals surface area contributed by atoms with E-state index in [1.54, 1.807) is 22.1 Å². The summed E-state index contributed by atoms with van der Waals surface area (Å²) >= 11 is 0. The number of imidazole rings is 1. The molecule has 2 N–H and O–H groups in total. The number of hydrogen-bond donors (Lipinski definition) is 2. The van der Waals surface area contributed by atoms with Gasteiger partial charge in [-0.1, -0.05) is 0 Å². The molecule has 1 unspecified atom stereocenters. The van der Waals surface area contributed by atoms with Crippen LogP contribution in [0, 0.1) is 0 Å². The first-order chi connectivity index (χ1) is 10.7. The molecule has 9 nitrogen and oxygen atoms in total. The van der Waals surface area contributed by atoms with Gasteiger partial charge in [0.1, 0.15) is 17.9 Å². The Bertz CT molecular complexity index is 837. The molecule has 112 valence electrons. The number of aryl methyl sites for hydroxylation is 1. The van der Waals surface area contributed by atoms with Crippen LogP contribution < -0.4 is 10.2 Å². The van der Waals surface area contributed by atoms with Crippen LogP contribution in [0.1, 0.15) is 6.42 Å². The van der Waals surface area contributed by atoms with E-state index in [0.29, 0.717) is 29.9 Å². The van der Waals surface area contributed by atoms with Crippen molar-refractivity contribution < 1.29 is 4.79 Å². The van der Waals surface area contributed by atoms with Crippen molar-refractivity contribution in [1.29, 1.82) is 0 Å². The summed E-state index contributed by atoms with van der Waals surface area (Å²) in [5.41, 5.74) is 2.09. The standard InChI is InChI=1S/C13H14N8O/c1-20-5-8(4-18-20)21-3-2-9(13(21)22)19-12-10-11(15-6-14-10)16-7-17-12/h4-7,9H,2-3H2,1H3,(H2,14,15,16,17,19). The summed E-state index contributed by atoms with van der Waals surface area (Å²) in [4.78, 5) is 29.6. The van der Waals surface area contributed by atoms with Gasteiger partial charge < -0.3 is 15.2 Å². The highest BCUT2D eigenvalue weighted by atomic mass is 16.2. The second kappa shape index (κ2) is 4.79. The first kappa shape index (κ1) is 12.7. The number of rotatable bonds is 3. The van der Waals surface area contributed by atoms with Crippen molar-refractivity contribution in [2.24, 2.45) is 7.05 Å². The van der Waals surface area contributed by atoms with Crippen LogP contribution in [0.4, 0.5) is 11.5 Å². The molecule has 0 bridgehead atoms. The molecule has 0 radical (unpaired) electrons. The van der Waals surface area contributed by atoms with E-state index in [9.17, 15) is 4.79 Å². The normalized spacial score (nSPS) is 18.3. The maximum atomic E-state index is 12.6. The van der Waals surface area contributed by atoms with Crippen LogP contribution in [0.3, 0.4) is 0 Å². The van der Waals surface area contributed by atoms with Gasteiger partial charge in [0.15, 0.2) is 11.5 Å². The van der Waals surface area contributed by atoms with Gasteiger partial charge in [0.05, 0.1) is 18.2 Å². The van der Waals surface area contributed by atoms with Crippen molar-refractivity contribution in [3.63, 3.8) is 0 Å². The average molecular weight is 298 g/mol. The van der Waals surface area contributed by atoms with Crippen LogP contribution in [0.15, 0.2) is 25.0 Å². The van der Waals surface area contributed by atoms with E-state index in [1.807, 2.05) is 13.2 Å². The van der Waals surface area contributed by atoms with E-state index in [1.165, 1.54) is 6.33 Å². The van der Waals surface area contributed by atoms with E-state index < -0.39 is 0 Å². The number of hydrogen-bond acceptors (Lipinski definition) is 6. The third kappa shape index (κ3) is 1.98. The fraction of sp³-hybridized carbons (Fsp3) is 0.308. The number of H-pyrrole nitrogens is 1. The maximum Gasteiger partial charge on any atom is 0.249 e. The van der Waals surface area contributed by atoms with Gasteiger partial charge in [-0.3, -0.25) is 9.48 Å². The number of amides is 1. The van der Waals surface area contributed by atoms with Crippen LogP contribution in [0.25, 0.3) is 11.2 Å². The number of nitrogens with one attached hydrogen (secondary N) is 2. The van der Waals surface area contributed by atoms with E-state index in [2.05, 4.69) is 30.4 Å². The Balaban J connectivity index is 1.57. The summed E-state index contributed by atoms with van der Waals surface area (Å²) in [6.07, 6.45) is 7.22. The fourth-order valence-corrected chi connectivity index (χ4v) is 2.66. The van der Waals surface area contributed by atoms with Crippen LogP contribution in [-0.4, -0.2) is 48.2 Å². The second-order valence-corrected chi connectivity index (χ2v) is 5.17. The monoisotopic (exact) mass is 298 g/mol. The molecule has 0 aromatic carbocycles. The summed E-state index contributed by atoms with van der Waals surface area (Å²) < 4.78 is 1.68. The van der Waals surface area contributed by atoms with Crippen molar-refractivity contribution in [1.82, 2.24) is 29.7 Å². The molecule has 9 heteroatoms. The third-order valence-corrected chi connectivity index (χ3v) is 3.74. The Morgan fingerprint density at radius 3 is 3.09 bits per heavy atom. The van der Waals surface area contributed by atoms with Crippen molar-refractivity contribution in [2.45, 2.75) is 12.5 Å². The zero-order valence-electron chi connectivity index (χ0n) is 11.9. The lowest BCUT2D eigenvalue weighted by molar-refractivity contribution is -0.117. The number of anilines is 2. The lowest BCUT2D eigenvalue weighted by Gasteiger charge is -2.15. The Hall–Kier alpha value is -2.97. The van der Waals surface area contributed by atoms with Gasteiger partial charge in [-0.25, -0.2) is 15.0 Å². The topological polar surface area (TPSA) is 105 Å². The van der Waals surface area contributed by atoms with Crippen LogP contribution in [-0.2, 0) is 11.8 Å². The van der Waals surface area contributed by atoms with Gasteiger partial charge in [0.2, 0.25) is 5.91 Å². The predicted molar refractivity (Wildman–Crippen MR) is 79.3 cm³/mol. The number of aromatic nitrogens is 6. The molecule has 0 saturated carbocycles. The summed E-state index contributed by atoms with van der Waals surface area (Å²) in [7, 11) is 1.83. The molecular formula is C13H14N8O. The highest BCUT2D eigenvalue weighted by Crippen LogP contribution is 2.24. The van der Waals surface area contributed by atoms with Gasteiger partial charge in [-0.2, -0.15) is 5.10 Å². The van der Waals surface area contributed by atoms with Gasteiger partial charge in [0.25, 0.3) is 0 Å². The summed E-state index contributed by atoms with van der Waals surface area (Å²) in [6.45, 7) is 0.652. The molecule has 22 heavy (non-hydrogen) atoms. The number of nitrogens with zero attached hydrogens (tertiary/aromatic N) is 6. The Labute approximate surface area is 125 Å². The Kier molecular flexibility index (Phi) is 2.78. The Morgan fingerprint density at radius 1 is 1.36 bits per heavy atom. The minimum absolute atomic E-state index is 0.0132. The van der Waals surface area contributed by atoms with Gasteiger partial charge >= 0.3 is 0 Å². The molecule has 4 rings (SSSR count). The second-order valence-electron chi connectivity index (χ2n) is 5.17. The molecule has 0 aliphatic carbocycles. The highest BCUT2D eigenvalue weighted by Gasteiger charge is 2.33. The number of aromatic amines is 1. The lowest BCUT2D eigenvalue weighted by atomic mass is 10.2. The highest BCUT2D eigenvalue weighted by molar-refractivity contribution is 6.01. The maximum absolute atomic E-state index is 12.6. The SMILES string of the molecule is Cn1cc(N2CCC(Nc3ncnc4nc[nH]c34)C2=O)cn1. The smallest absolute Gasteiger partial charge is 0.249 e. The zero-order valence-corrected chi connectivity index (χ0v) is 11.9. The molecule has 3 aromatic rings. The molecule has 1 atom stereocenters. The van der Waals surface area contributed by atoms with E-state index in [-0.39, 0.29) is 11.9 Å². The zero-order chi connectivity index (χ0) is 15.1. The summed E-state index contributed by atoms with van der Waals surface area (Å²) in [6, 6.07) is -0.318. The molecule has 3 aromatic heterocycles. The van der Waals surface area contributed by atoms with E-state index in [0.717, 1.165) is 5.69 Å². The fourth-order valence-electron chi connectivity index (χ4n) is 2.66. The average Bonchev–Trinajstić information content (AvgIpc) is 3.21. The van der Waals surface area contributed by atoms with Crippen molar-refractivity contribution >= 4 is 28.6 Å². The molecule has 1 saturated heterocycles. The van der Waals surface area contributed by atoms with Crippen LogP contribution in [0.5, 0.6) is 0 Å². The van der Waals surface area contributed by atoms with Crippen molar-refractivity contribution in [3.05, 3.63) is 25.0 Å². The van der Waals surface area contributed by atoms with Gasteiger partial charge in [0, 0.05) is 19.8 Å². The van der Waals surface area contributed by atoms with Crippen LogP contribution >= 0.6 is 0 Å². The third-order valence-electron chi connectivity index (χ3n) is 3.74. The van der Waals surface area contributed by atoms with Gasteiger partial charge in [-0.15, -0.1) is 0 Å². The Morgan fingerprint density at radius 2 is 2.27 bits per heavy atom. The summed E-state index contributed by atoms with van der Waals surface area (Å²) in [5.74, 6) is 0.605. The first-order valence-electron chi connectivity index (χ1n) is 6.93.